The van der Waals surface area contributed by atoms with Gasteiger partial charge in [0, 0.05) is 18.5 Å². The molecule has 1 fully saturated rings. The van der Waals surface area contributed by atoms with Crippen LogP contribution in [-0.2, 0) is 18.5 Å². The van der Waals surface area contributed by atoms with Crippen LogP contribution in [-0.4, -0.2) is 29.6 Å². The lowest BCUT2D eigenvalue weighted by Crippen LogP contribution is -2.37. The minimum absolute atomic E-state index is 0.00304. The Morgan fingerprint density at radius 1 is 1.35 bits per heavy atom. The minimum Gasteiger partial charge on any atom is -0.497 e. The first-order chi connectivity index (χ1) is 11.1. The summed E-state index contributed by atoms with van der Waals surface area (Å²) in [6.07, 6.45) is 2.39. The number of aromatic carboxylic acids is 1. The van der Waals surface area contributed by atoms with Gasteiger partial charge in [0.15, 0.2) is 0 Å². The van der Waals surface area contributed by atoms with Crippen molar-refractivity contribution >= 4 is 5.97 Å². The third kappa shape index (κ3) is 2.51. The monoisotopic (exact) mass is 313 g/mol. The maximum absolute atomic E-state index is 10.9. The van der Waals surface area contributed by atoms with E-state index in [9.17, 15) is 4.79 Å². The summed E-state index contributed by atoms with van der Waals surface area (Å²) in [6.45, 7) is 2.47. The van der Waals surface area contributed by atoms with Gasteiger partial charge in [0.1, 0.15) is 11.5 Å². The molecule has 1 aromatic heterocycles. The molecule has 1 aliphatic carbocycles. The molecule has 1 aliphatic heterocycles. The number of benzene rings is 1. The number of rotatable bonds is 4. The van der Waals surface area contributed by atoms with E-state index in [1.165, 1.54) is 30.0 Å². The van der Waals surface area contributed by atoms with E-state index in [1.54, 1.807) is 13.2 Å². The van der Waals surface area contributed by atoms with E-state index in [0.29, 0.717) is 12.3 Å². The second-order valence-electron chi connectivity index (χ2n) is 6.52. The molecule has 0 unspecified atom stereocenters. The number of nitrogens with zero attached hydrogens (tertiary/aromatic N) is 1. The normalized spacial score (nSPS) is 18.7. The molecule has 120 valence electrons. The fourth-order valence-electron chi connectivity index (χ4n) is 3.61. The van der Waals surface area contributed by atoms with Crippen LogP contribution in [0.4, 0.5) is 0 Å². The van der Waals surface area contributed by atoms with Gasteiger partial charge in [-0.25, -0.2) is 4.79 Å². The number of carboxylic acids is 1. The number of hydrogen-bond donors (Lipinski definition) is 1. The van der Waals surface area contributed by atoms with Crippen molar-refractivity contribution in [2.75, 3.05) is 13.7 Å². The maximum Gasteiger partial charge on any atom is 0.371 e. The fourth-order valence-corrected chi connectivity index (χ4v) is 3.61. The third-order valence-corrected chi connectivity index (χ3v) is 4.91. The average Bonchev–Trinajstić information content (AvgIpc) is 3.14. The van der Waals surface area contributed by atoms with E-state index in [-0.39, 0.29) is 11.2 Å². The second kappa shape index (κ2) is 5.13. The van der Waals surface area contributed by atoms with Gasteiger partial charge >= 0.3 is 5.97 Å². The predicted molar refractivity (Wildman–Crippen MR) is 83.7 cm³/mol. The summed E-state index contributed by atoms with van der Waals surface area (Å²) in [5.41, 5.74) is 2.99. The fraction of sp³-hybridized carbons (Fsp3) is 0.389. The molecule has 0 amide bonds. The Bertz CT molecular complexity index is 760. The van der Waals surface area contributed by atoms with Crippen molar-refractivity contribution in [3.63, 3.8) is 0 Å². The van der Waals surface area contributed by atoms with Gasteiger partial charge in [0.05, 0.1) is 13.7 Å². The van der Waals surface area contributed by atoms with Crippen molar-refractivity contribution in [1.29, 1.82) is 0 Å². The highest BCUT2D eigenvalue weighted by molar-refractivity contribution is 5.84. The SMILES string of the molecule is COc1ccc2c(c1)C1(CC1)CN(Cc1ccc(C(=O)O)o1)C2. The van der Waals surface area contributed by atoms with Gasteiger partial charge in [-0.15, -0.1) is 0 Å². The zero-order valence-electron chi connectivity index (χ0n) is 13.0. The molecular formula is C18H19NO4. The molecule has 1 spiro atoms. The zero-order valence-corrected chi connectivity index (χ0v) is 13.0. The van der Waals surface area contributed by atoms with Crippen molar-refractivity contribution in [2.45, 2.75) is 31.3 Å². The molecule has 0 atom stereocenters. The first kappa shape index (κ1) is 14.3. The first-order valence-corrected chi connectivity index (χ1v) is 7.81. The molecule has 2 aliphatic rings. The zero-order chi connectivity index (χ0) is 16.0. The lowest BCUT2D eigenvalue weighted by molar-refractivity contribution is 0.0657. The van der Waals surface area contributed by atoms with Gasteiger partial charge in [-0.2, -0.15) is 0 Å². The van der Waals surface area contributed by atoms with Crippen LogP contribution in [0.2, 0.25) is 0 Å². The summed E-state index contributed by atoms with van der Waals surface area (Å²) < 4.78 is 10.8. The van der Waals surface area contributed by atoms with Crippen LogP contribution in [0, 0.1) is 0 Å². The van der Waals surface area contributed by atoms with Crippen molar-refractivity contribution in [2.24, 2.45) is 0 Å². The van der Waals surface area contributed by atoms with Crippen LogP contribution in [0.5, 0.6) is 5.75 Å². The van der Waals surface area contributed by atoms with Crippen molar-refractivity contribution in [3.8, 4) is 5.75 Å². The van der Waals surface area contributed by atoms with Gasteiger partial charge in [-0.1, -0.05) is 6.07 Å². The van der Waals surface area contributed by atoms with Gasteiger partial charge in [0.2, 0.25) is 5.76 Å². The molecule has 0 bridgehead atoms. The van der Waals surface area contributed by atoms with Crippen LogP contribution in [0.15, 0.2) is 34.7 Å². The summed E-state index contributed by atoms with van der Waals surface area (Å²) in [5, 5.41) is 8.96. The molecular weight excluding hydrogens is 294 g/mol. The highest BCUT2D eigenvalue weighted by Gasteiger charge is 2.49. The van der Waals surface area contributed by atoms with Crippen molar-refractivity contribution < 1.29 is 19.1 Å². The molecule has 5 heteroatoms. The topological polar surface area (TPSA) is 62.9 Å². The lowest BCUT2D eigenvalue weighted by atomic mass is 9.86. The van der Waals surface area contributed by atoms with Crippen LogP contribution in [0.25, 0.3) is 0 Å². The van der Waals surface area contributed by atoms with Gasteiger partial charge in [0.25, 0.3) is 0 Å². The average molecular weight is 313 g/mol. The van der Waals surface area contributed by atoms with Gasteiger partial charge in [-0.3, -0.25) is 4.90 Å². The summed E-state index contributed by atoms with van der Waals surface area (Å²) >= 11 is 0. The largest absolute Gasteiger partial charge is 0.497 e. The van der Waals surface area contributed by atoms with Crippen LogP contribution in [0.1, 0.15) is 40.3 Å². The van der Waals surface area contributed by atoms with Gasteiger partial charge in [-0.05, 0) is 48.2 Å². The standard InChI is InChI=1S/C18H19NO4/c1-22-13-3-2-12-9-19(11-18(6-7-18)15(12)8-13)10-14-4-5-16(23-14)17(20)21/h2-5,8H,6-7,9-11H2,1H3,(H,20,21). The summed E-state index contributed by atoms with van der Waals surface area (Å²) in [4.78, 5) is 13.3. The number of carboxylic acid groups (broad SMARTS) is 1. The molecule has 2 aromatic rings. The second-order valence-corrected chi connectivity index (χ2v) is 6.52. The van der Waals surface area contributed by atoms with E-state index in [1.807, 2.05) is 6.07 Å². The molecule has 1 aromatic carbocycles. The molecule has 4 rings (SSSR count). The molecule has 2 heterocycles. The molecule has 23 heavy (non-hydrogen) atoms. The first-order valence-electron chi connectivity index (χ1n) is 7.81. The molecule has 5 nitrogen and oxygen atoms in total. The Balaban J connectivity index is 1.57. The Hall–Kier alpha value is -2.27. The van der Waals surface area contributed by atoms with Crippen LogP contribution >= 0.6 is 0 Å². The summed E-state index contributed by atoms with van der Waals surface area (Å²) in [6, 6.07) is 9.61. The van der Waals surface area contributed by atoms with Crippen LogP contribution in [0.3, 0.4) is 0 Å². The van der Waals surface area contributed by atoms with E-state index >= 15 is 0 Å². The number of fused-ring (bicyclic) bond motifs is 2. The number of carbonyl (C=O) groups is 1. The van der Waals surface area contributed by atoms with E-state index in [0.717, 1.165) is 18.8 Å². The Labute approximate surface area is 134 Å². The number of methoxy groups -OCH3 is 1. The Morgan fingerprint density at radius 2 is 2.17 bits per heavy atom. The Morgan fingerprint density at radius 3 is 2.83 bits per heavy atom. The number of furan rings is 1. The smallest absolute Gasteiger partial charge is 0.371 e. The minimum atomic E-state index is -1.02. The predicted octanol–water partition coefficient (Wildman–Crippen LogP) is 3.03. The van der Waals surface area contributed by atoms with E-state index < -0.39 is 5.97 Å². The number of ether oxygens (including phenoxy) is 1. The third-order valence-electron chi connectivity index (χ3n) is 4.91. The highest BCUT2D eigenvalue weighted by Crippen LogP contribution is 2.53. The summed E-state index contributed by atoms with van der Waals surface area (Å²) in [7, 11) is 1.70. The highest BCUT2D eigenvalue weighted by atomic mass is 16.5. The molecule has 1 N–H and O–H groups in total. The van der Waals surface area contributed by atoms with Crippen molar-refractivity contribution in [1.82, 2.24) is 4.90 Å². The lowest BCUT2D eigenvalue weighted by Gasteiger charge is -2.34. The Kier molecular flexibility index (Phi) is 3.20. The quantitative estimate of drug-likeness (QED) is 0.940. The van der Waals surface area contributed by atoms with Crippen molar-refractivity contribution in [3.05, 3.63) is 53.0 Å². The van der Waals surface area contributed by atoms with E-state index in [2.05, 4.69) is 17.0 Å². The molecule has 0 radical (unpaired) electrons. The summed E-state index contributed by atoms with van der Waals surface area (Å²) in [5.74, 6) is 0.602. The maximum atomic E-state index is 10.9. The molecule has 0 saturated heterocycles. The van der Waals surface area contributed by atoms with Gasteiger partial charge < -0.3 is 14.3 Å². The van der Waals surface area contributed by atoms with Crippen LogP contribution < -0.4 is 4.74 Å². The molecule has 1 saturated carbocycles. The number of hydrogen-bond acceptors (Lipinski definition) is 4. The van der Waals surface area contributed by atoms with E-state index in [4.69, 9.17) is 14.3 Å².